The van der Waals surface area contributed by atoms with Crippen molar-refractivity contribution in [2.24, 2.45) is 5.92 Å². The van der Waals surface area contributed by atoms with Gasteiger partial charge in [-0.25, -0.2) is 9.37 Å². The van der Waals surface area contributed by atoms with Crippen LogP contribution in [0.15, 0.2) is 16.6 Å². The summed E-state index contributed by atoms with van der Waals surface area (Å²) in [6.45, 7) is 4.08. The first kappa shape index (κ1) is 13.4. The molecule has 2 aromatic rings. The standard InChI is InChI=1S/C14H15BrClFN2/c1-7(16)14-18-12-5-10(15)11(17)6-13(12)19(14)8(2)9-3-4-9/h5-9H,3-4H2,1-2H3. The second kappa shape index (κ2) is 4.74. The van der Waals surface area contributed by atoms with Gasteiger partial charge in [0.1, 0.15) is 11.6 Å². The highest BCUT2D eigenvalue weighted by molar-refractivity contribution is 9.10. The van der Waals surface area contributed by atoms with Gasteiger partial charge in [-0.05, 0) is 54.6 Å². The van der Waals surface area contributed by atoms with Crippen LogP contribution in [0.25, 0.3) is 11.0 Å². The maximum Gasteiger partial charge on any atom is 0.139 e. The Morgan fingerprint density at radius 3 is 2.68 bits per heavy atom. The number of fused-ring (bicyclic) bond motifs is 1. The molecule has 2 unspecified atom stereocenters. The summed E-state index contributed by atoms with van der Waals surface area (Å²) in [6, 6.07) is 3.60. The van der Waals surface area contributed by atoms with Crippen LogP contribution in [0.4, 0.5) is 4.39 Å². The Morgan fingerprint density at radius 1 is 1.42 bits per heavy atom. The molecule has 1 aromatic carbocycles. The first-order valence-electron chi connectivity index (χ1n) is 6.50. The van der Waals surface area contributed by atoms with Gasteiger partial charge < -0.3 is 4.57 Å². The van der Waals surface area contributed by atoms with Gasteiger partial charge in [-0.2, -0.15) is 0 Å². The maximum absolute atomic E-state index is 13.8. The van der Waals surface area contributed by atoms with Crippen LogP contribution in [-0.2, 0) is 0 Å². The first-order valence-corrected chi connectivity index (χ1v) is 7.73. The van der Waals surface area contributed by atoms with E-state index in [-0.39, 0.29) is 11.2 Å². The molecule has 1 aliphatic rings. The van der Waals surface area contributed by atoms with Crippen molar-refractivity contribution in [2.45, 2.75) is 38.1 Å². The van der Waals surface area contributed by atoms with Crippen LogP contribution in [0.1, 0.15) is 43.9 Å². The van der Waals surface area contributed by atoms with Gasteiger partial charge in [-0.1, -0.05) is 0 Å². The molecule has 19 heavy (non-hydrogen) atoms. The molecule has 0 radical (unpaired) electrons. The summed E-state index contributed by atoms with van der Waals surface area (Å²) in [7, 11) is 0. The van der Waals surface area contributed by atoms with Crippen molar-refractivity contribution in [3.63, 3.8) is 0 Å². The number of aromatic nitrogens is 2. The minimum absolute atomic E-state index is 0.185. The van der Waals surface area contributed by atoms with Gasteiger partial charge in [0.2, 0.25) is 0 Å². The molecule has 0 saturated heterocycles. The number of nitrogens with zero attached hydrogens (tertiary/aromatic N) is 2. The molecule has 1 heterocycles. The van der Waals surface area contributed by atoms with Crippen LogP contribution >= 0.6 is 27.5 Å². The highest BCUT2D eigenvalue weighted by atomic mass is 79.9. The second-order valence-corrected chi connectivity index (χ2v) is 6.80. The number of rotatable bonds is 3. The summed E-state index contributed by atoms with van der Waals surface area (Å²) >= 11 is 9.45. The highest BCUT2D eigenvalue weighted by Crippen LogP contribution is 2.42. The summed E-state index contributed by atoms with van der Waals surface area (Å²) in [5.74, 6) is 1.23. The number of hydrogen-bond acceptors (Lipinski definition) is 1. The lowest BCUT2D eigenvalue weighted by molar-refractivity contribution is 0.479. The number of imidazole rings is 1. The zero-order valence-corrected chi connectivity index (χ0v) is 13.2. The predicted octanol–water partition coefficient (Wildman–Crippen LogP) is 5.21. The van der Waals surface area contributed by atoms with Gasteiger partial charge in [0.15, 0.2) is 0 Å². The van der Waals surface area contributed by atoms with Gasteiger partial charge >= 0.3 is 0 Å². The average Bonchev–Trinajstić information content (AvgIpc) is 3.12. The van der Waals surface area contributed by atoms with E-state index in [0.29, 0.717) is 16.4 Å². The average molecular weight is 346 g/mol. The van der Waals surface area contributed by atoms with E-state index in [9.17, 15) is 4.39 Å². The van der Waals surface area contributed by atoms with E-state index in [0.717, 1.165) is 16.9 Å². The zero-order chi connectivity index (χ0) is 13.7. The number of benzene rings is 1. The van der Waals surface area contributed by atoms with Crippen molar-refractivity contribution in [1.29, 1.82) is 0 Å². The van der Waals surface area contributed by atoms with Crippen LogP contribution in [0.2, 0.25) is 0 Å². The smallest absolute Gasteiger partial charge is 0.139 e. The van der Waals surface area contributed by atoms with Crippen molar-refractivity contribution >= 4 is 38.6 Å². The van der Waals surface area contributed by atoms with E-state index in [4.69, 9.17) is 11.6 Å². The quantitative estimate of drug-likeness (QED) is 0.698. The maximum atomic E-state index is 13.8. The van der Waals surface area contributed by atoms with Crippen molar-refractivity contribution in [1.82, 2.24) is 9.55 Å². The molecule has 5 heteroatoms. The molecule has 0 N–H and O–H groups in total. The van der Waals surface area contributed by atoms with Crippen molar-refractivity contribution < 1.29 is 4.39 Å². The van der Waals surface area contributed by atoms with E-state index >= 15 is 0 Å². The van der Waals surface area contributed by atoms with Crippen molar-refractivity contribution in [2.75, 3.05) is 0 Å². The monoisotopic (exact) mass is 344 g/mol. The van der Waals surface area contributed by atoms with Crippen molar-refractivity contribution in [3.8, 4) is 0 Å². The first-order chi connectivity index (χ1) is 8.99. The van der Waals surface area contributed by atoms with Crippen molar-refractivity contribution in [3.05, 3.63) is 28.2 Å². The fraction of sp³-hybridized carbons (Fsp3) is 0.500. The van der Waals surface area contributed by atoms with E-state index in [1.165, 1.54) is 12.8 Å². The molecule has 0 bridgehead atoms. The van der Waals surface area contributed by atoms with E-state index in [2.05, 4.69) is 32.4 Å². The molecular weight excluding hydrogens is 331 g/mol. The largest absolute Gasteiger partial charge is 0.324 e. The highest BCUT2D eigenvalue weighted by Gasteiger charge is 2.32. The van der Waals surface area contributed by atoms with Gasteiger partial charge in [-0.3, -0.25) is 0 Å². The Balaban J connectivity index is 2.25. The molecule has 1 aromatic heterocycles. The van der Waals surface area contributed by atoms with E-state index in [1.807, 2.05) is 6.92 Å². The molecule has 1 aliphatic carbocycles. The molecule has 3 rings (SSSR count). The van der Waals surface area contributed by atoms with Gasteiger partial charge in [-0.15, -0.1) is 11.6 Å². The minimum Gasteiger partial charge on any atom is -0.324 e. The molecule has 102 valence electrons. The second-order valence-electron chi connectivity index (χ2n) is 5.29. The van der Waals surface area contributed by atoms with Crippen LogP contribution in [0, 0.1) is 11.7 Å². The molecule has 0 aliphatic heterocycles. The number of alkyl halides is 1. The van der Waals surface area contributed by atoms with Crippen LogP contribution in [0.5, 0.6) is 0 Å². The summed E-state index contributed by atoms with van der Waals surface area (Å²) in [5, 5.41) is -0.185. The van der Waals surface area contributed by atoms with E-state index < -0.39 is 0 Å². The molecular formula is C14H15BrClFN2. The third kappa shape index (κ3) is 2.29. The lowest BCUT2D eigenvalue weighted by atomic mass is 10.2. The van der Waals surface area contributed by atoms with E-state index in [1.54, 1.807) is 12.1 Å². The van der Waals surface area contributed by atoms with Gasteiger partial charge in [0.25, 0.3) is 0 Å². The minimum atomic E-state index is -0.259. The van der Waals surface area contributed by atoms with Gasteiger partial charge in [0.05, 0.1) is 20.9 Å². The van der Waals surface area contributed by atoms with Crippen LogP contribution in [-0.4, -0.2) is 9.55 Å². The topological polar surface area (TPSA) is 17.8 Å². The third-order valence-corrected chi connectivity index (χ3v) is 4.63. The summed E-state index contributed by atoms with van der Waals surface area (Å²) in [5.41, 5.74) is 1.63. The molecule has 0 amide bonds. The molecule has 2 atom stereocenters. The summed E-state index contributed by atoms with van der Waals surface area (Å²) < 4.78 is 16.4. The fourth-order valence-electron chi connectivity index (χ4n) is 2.61. The zero-order valence-electron chi connectivity index (χ0n) is 10.8. The Bertz CT molecular complexity index is 634. The Labute approximate surface area is 125 Å². The normalized spacial score (nSPS) is 18.8. The van der Waals surface area contributed by atoms with Crippen LogP contribution < -0.4 is 0 Å². The van der Waals surface area contributed by atoms with Gasteiger partial charge in [0, 0.05) is 12.1 Å². The Hall–Kier alpha value is -0.610. The molecule has 2 nitrogen and oxygen atoms in total. The molecule has 0 spiro atoms. The molecule has 1 saturated carbocycles. The van der Waals surface area contributed by atoms with Crippen LogP contribution in [0.3, 0.4) is 0 Å². The number of hydrogen-bond donors (Lipinski definition) is 0. The Kier molecular flexibility index (Phi) is 3.34. The molecule has 1 fully saturated rings. The lowest BCUT2D eigenvalue weighted by Gasteiger charge is -2.18. The SMILES string of the molecule is CC(Cl)c1nc2cc(Br)c(F)cc2n1C(C)C1CC1. The predicted molar refractivity (Wildman–Crippen MR) is 79.1 cm³/mol. The Morgan fingerprint density at radius 2 is 2.11 bits per heavy atom. The summed E-state index contributed by atoms with van der Waals surface area (Å²) in [6.07, 6.45) is 2.46. The third-order valence-electron chi connectivity index (χ3n) is 3.83. The lowest BCUT2D eigenvalue weighted by Crippen LogP contribution is -2.11. The summed E-state index contributed by atoms with van der Waals surface area (Å²) in [4.78, 5) is 4.58. The fourth-order valence-corrected chi connectivity index (χ4v) is 3.09. The number of halogens is 3.